The summed E-state index contributed by atoms with van der Waals surface area (Å²) in [7, 11) is 4.21. The summed E-state index contributed by atoms with van der Waals surface area (Å²) in [4.78, 5) is 16.7. The summed E-state index contributed by atoms with van der Waals surface area (Å²) in [5, 5.41) is 7.88. The van der Waals surface area contributed by atoms with Gasteiger partial charge in [0.05, 0.1) is 11.7 Å². The van der Waals surface area contributed by atoms with Crippen LogP contribution in [0.1, 0.15) is 23.2 Å². The number of hydrogen-bond acceptors (Lipinski definition) is 3. The maximum absolute atomic E-state index is 12.5. The van der Waals surface area contributed by atoms with E-state index in [0.717, 1.165) is 42.4 Å². The van der Waals surface area contributed by atoms with Crippen LogP contribution < -0.4 is 0 Å². The predicted octanol–water partition coefficient (Wildman–Crippen LogP) is 1.73. The number of aromatic amines is 1. The van der Waals surface area contributed by atoms with E-state index >= 15 is 0 Å². The third-order valence-electron chi connectivity index (χ3n) is 4.17. The fourth-order valence-corrected chi connectivity index (χ4v) is 2.84. The standard InChI is InChI=1S/C15H20N4O/c1-18(2)13-5-7-19(8-6-13)15(20)11-3-4-14-12(9-11)10-16-17-14/h3-4,9-10,13H,5-8H2,1-2H3,(H,16,17). The number of rotatable bonds is 2. The van der Waals surface area contributed by atoms with Gasteiger partial charge in [-0.3, -0.25) is 9.89 Å². The number of nitrogens with one attached hydrogen (secondary N) is 1. The summed E-state index contributed by atoms with van der Waals surface area (Å²) in [6.45, 7) is 1.68. The van der Waals surface area contributed by atoms with E-state index in [1.165, 1.54) is 0 Å². The Labute approximate surface area is 118 Å². The Morgan fingerprint density at radius 1 is 1.35 bits per heavy atom. The van der Waals surface area contributed by atoms with Gasteiger partial charge in [-0.2, -0.15) is 5.10 Å². The van der Waals surface area contributed by atoms with Crippen LogP contribution in [0.25, 0.3) is 10.9 Å². The van der Waals surface area contributed by atoms with Gasteiger partial charge in [-0.05, 0) is 45.1 Å². The largest absolute Gasteiger partial charge is 0.339 e. The van der Waals surface area contributed by atoms with Gasteiger partial charge in [0.15, 0.2) is 0 Å². The summed E-state index contributed by atoms with van der Waals surface area (Å²) in [5.74, 6) is 0.130. The number of carbonyl (C=O) groups excluding carboxylic acids is 1. The highest BCUT2D eigenvalue weighted by Crippen LogP contribution is 2.19. The molecule has 1 fully saturated rings. The van der Waals surface area contributed by atoms with Crippen molar-refractivity contribution in [2.24, 2.45) is 0 Å². The van der Waals surface area contributed by atoms with E-state index in [2.05, 4.69) is 29.2 Å². The molecule has 0 unspecified atom stereocenters. The zero-order chi connectivity index (χ0) is 14.1. The molecule has 1 N–H and O–H groups in total. The SMILES string of the molecule is CN(C)C1CCN(C(=O)c2ccc3[nH]ncc3c2)CC1. The minimum Gasteiger partial charge on any atom is -0.339 e. The highest BCUT2D eigenvalue weighted by molar-refractivity contribution is 5.97. The van der Waals surface area contributed by atoms with E-state index in [1.807, 2.05) is 23.1 Å². The molecule has 5 heteroatoms. The Bertz CT molecular complexity index is 611. The van der Waals surface area contributed by atoms with Crippen LogP contribution in [-0.2, 0) is 0 Å². The average molecular weight is 272 g/mol. The van der Waals surface area contributed by atoms with E-state index in [-0.39, 0.29) is 5.91 Å². The van der Waals surface area contributed by atoms with Crippen LogP contribution in [0.2, 0.25) is 0 Å². The summed E-state index contributed by atoms with van der Waals surface area (Å²) in [6, 6.07) is 6.30. The van der Waals surface area contributed by atoms with E-state index < -0.39 is 0 Å². The molecule has 1 aromatic carbocycles. The van der Waals surface area contributed by atoms with Gasteiger partial charge in [0.2, 0.25) is 0 Å². The molecule has 0 radical (unpaired) electrons. The molecule has 1 saturated heterocycles. The first-order valence-electron chi connectivity index (χ1n) is 7.04. The number of aromatic nitrogens is 2. The topological polar surface area (TPSA) is 52.2 Å². The zero-order valence-corrected chi connectivity index (χ0v) is 12.0. The first kappa shape index (κ1) is 13.1. The van der Waals surface area contributed by atoms with Crippen molar-refractivity contribution < 1.29 is 4.79 Å². The fraction of sp³-hybridized carbons (Fsp3) is 0.467. The van der Waals surface area contributed by atoms with Crippen LogP contribution in [-0.4, -0.2) is 59.1 Å². The number of hydrogen-bond donors (Lipinski definition) is 1. The summed E-state index contributed by atoms with van der Waals surface area (Å²) < 4.78 is 0. The van der Waals surface area contributed by atoms with Crippen molar-refractivity contribution in [1.82, 2.24) is 20.0 Å². The molecule has 1 aromatic heterocycles. The highest BCUT2D eigenvalue weighted by Gasteiger charge is 2.24. The predicted molar refractivity (Wildman–Crippen MR) is 78.7 cm³/mol. The lowest BCUT2D eigenvalue weighted by Crippen LogP contribution is -2.44. The Balaban J connectivity index is 1.73. The molecule has 2 aromatic rings. The van der Waals surface area contributed by atoms with Crippen LogP contribution in [0.4, 0.5) is 0 Å². The molecule has 0 saturated carbocycles. The summed E-state index contributed by atoms with van der Waals surface area (Å²) >= 11 is 0. The zero-order valence-electron chi connectivity index (χ0n) is 12.0. The molecule has 0 atom stereocenters. The third-order valence-corrected chi connectivity index (χ3v) is 4.17. The van der Waals surface area contributed by atoms with E-state index in [4.69, 9.17) is 0 Å². The second-order valence-electron chi connectivity index (χ2n) is 5.66. The van der Waals surface area contributed by atoms with Crippen LogP contribution in [0, 0.1) is 0 Å². The van der Waals surface area contributed by atoms with Crippen LogP contribution >= 0.6 is 0 Å². The molecule has 1 amide bonds. The Morgan fingerprint density at radius 3 is 2.80 bits per heavy atom. The molecule has 5 nitrogen and oxygen atoms in total. The van der Waals surface area contributed by atoms with Crippen LogP contribution in [0.5, 0.6) is 0 Å². The maximum atomic E-state index is 12.5. The van der Waals surface area contributed by atoms with Crippen molar-refractivity contribution in [3.8, 4) is 0 Å². The van der Waals surface area contributed by atoms with Gasteiger partial charge in [-0.1, -0.05) is 0 Å². The van der Waals surface area contributed by atoms with Crippen molar-refractivity contribution in [3.05, 3.63) is 30.0 Å². The van der Waals surface area contributed by atoms with Gasteiger partial charge in [-0.15, -0.1) is 0 Å². The minimum atomic E-state index is 0.130. The van der Waals surface area contributed by atoms with Crippen molar-refractivity contribution in [3.63, 3.8) is 0 Å². The first-order chi connectivity index (χ1) is 9.65. The number of amides is 1. The van der Waals surface area contributed by atoms with Gasteiger partial charge in [0.1, 0.15) is 0 Å². The molecule has 1 aliphatic heterocycles. The Hall–Kier alpha value is -1.88. The molecular weight excluding hydrogens is 252 g/mol. The number of carbonyl (C=O) groups is 1. The van der Waals surface area contributed by atoms with Gasteiger partial charge in [-0.25, -0.2) is 0 Å². The molecule has 1 aliphatic rings. The van der Waals surface area contributed by atoms with Crippen molar-refractivity contribution in [2.75, 3.05) is 27.2 Å². The van der Waals surface area contributed by atoms with Crippen LogP contribution in [0.3, 0.4) is 0 Å². The van der Waals surface area contributed by atoms with Crippen molar-refractivity contribution >= 4 is 16.8 Å². The number of H-pyrrole nitrogens is 1. The first-order valence-corrected chi connectivity index (χ1v) is 7.04. The van der Waals surface area contributed by atoms with Crippen molar-refractivity contribution in [2.45, 2.75) is 18.9 Å². The second-order valence-corrected chi connectivity index (χ2v) is 5.66. The molecule has 106 valence electrons. The second kappa shape index (κ2) is 5.25. The molecule has 0 bridgehead atoms. The number of benzene rings is 1. The lowest BCUT2D eigenvalue weighted by molar-refractivity contribution is 0.0663. The summed E-state index contributed by atoms with van der Waals surface area (Å²) in [6.07, 6.45) is 3.85. The molecular formula is C15H20N4O. The molecule has 0 aliphatic carbocycles. The normalized spacial score (nSPS) is 17.1. The number of likely N-dealkylation sites (tertiary alicyclic amines) is 1. The quantitative estimate of drug-likeness (QED) is 0.906. The van der Waals surface area contributed by atoms with Gasteiger partial charge >= 0.3 is 0 Å². The maximum Gasteiger partial charge on any atom is 0.253 e. The molecule has 2 heterocycles. The van der Waals surface area contributed by atoms with Gasteiger partial charge in [0, 0.05) is 30.1 Å². The van der Waals surface area contributed by atoms with E-state index in [1.54, 1.807) is 6.20 Å². The lowest BCUT2D eigenvalue weighted by atomic mass is 10.0. The Kier molecular flexibility index (Phi) is 3.44. The van der Waals surface area contributed by atoms with E-state index in [0.29, 0.717) is 6.04 Å². The fourth-order valence-electron chi connectivity index (χ4n) is 2.84. The number of piperidine rings is 1. The van der Waals surface area contributed by atoms with Gasteiger partial charge < -0.3 is 9.80 Å². The molecule has 3 rings (SSSR count). The Morgan fingerprint density at radius 2 is 2.10 bits per heavy atom. The van der Waals surface area contributed by atoms with Gasteiger partial charge in [0.25, 0.3) is 5.91 Å². The summed E-state index contributed by atoms with van der Waals surface area (Å²) in [5.41, 5.74) is 1.72. The third kappa shape index (κ3) is 2.41. The van der Waals surface area contributed by atoms with E-state index in [9.17, 15) is 4.79 Å². The number of fused-ring (bicyclic) bond motifs is 1. The smallest absolute Gasteiger partial charge is 0.253 e. The molecule has 0 spiro atoms. The highest BCUT2D eigenvalue weighted by atomic mass is 16.2. The average Bonchev–Trinajstić information content (AvgIpc) is 2.94. The number of nitrogens with zero attached hydrogens (tertiary/aromatic N) is 3. The van der Waals surface area contributed by atoms with Crippen molar-refractivity contribution in [1.29, 1.82) is 0 Å². The molecule has 20 heavy (non-hydrogen) atoms. The lowest BCUT2D eigenvalue weighted by Gasteiger charge is -2.35. The monoisotopic (exact) mass is 272 g/mol. The van der Waals surface area contributed by atoms with Crippen LogP contribution in [0.15, 0.2) is 24.4 Å². The minimum absolute atomic E-state index is 0.130.